The minimum absolute atomic E-state index is 0.0756. The number of thiol groups is 1. The largest absolute Gasteiger partial charge is 0.394 e. The first-order valence-electron chi connectivity index (χ1n) is 3.30. The standard InChI is InChI=1S/C5H11N3O4S/c6-5(7)8-3(4(10)12-13)11-2-1-9/h3,9,13H,1-2H2,(H4,6,7,8). The fourth-order valence-electron chi connectivity index (χ4n) is 0.528. The Morgan fingerprint density at radius 1 is 1.77 bits per heavy atom. The van der Waals surface area contributed by atoms with Crippen molar-refractivity contribution in [2.75, 3.05) is 13.2 Å². The third-order valence-corrected chi connectivity index (χ3v) is 1.15. The Kier molecular flexibility index (Phi) is 6.02. The van der Waals surface area contributed by atoms with E-state index in [2.05, 4.69) is 22.4 Å². The summed E-state index contributed by atoms with van der Waals surface area (Å²) in [5.41, 5.74) is 4.95. The smallest absolute Gasteiger partial charge is 0.368 e. The number of rotatable bonds is 5. The maximum atomic E-state index is 10.8. The summed E-state index contributed by atoms with van der Waals surface area (Å²) in [6.45, 7) is -0.330. The van der Waals surface area contributed by atoms with Crippen molar-refractivity contribution in [2.45, 2.75) is 6.23 Å². The molecule has 1 unspecified atom stereocenters. The van der Waals surface area contributed by atoms with Gasteiger partial charge in [-0.15, -0.1) is 0 Å². The van der Waals surface area contributed by atoms with E-state index in [9.17, 15) is 4.79 Å². The lowest BCUT2D eigenvalue weighted by atomic mass is 10.5. The Bertz CT molecular complexity index is 189. The van der Waals surface area contributed by atoms with Gasteiger partial charge < -0.3 is 25.1 Å². The molecule has 0 saturated heterocycles. The highest BCUT2D eigenvalue weighted by Crippen LogP contribution is 1.93. The molecule has 0 aromatic carbocycles. The van der Waals surface area contributed by atoms with E-state index in [4.69, 9.17) is 21.0 Å². The van der Waals surface area contributed by atoms with Crippen LogP contribution in [0.2, 0.25) is 0 Å². The maximum Gasteiger partial charge on any atom is 0.368 e. The normalized spacial score (nSPS) is 11.8. The first kappa shape index (κ1) is 12.0. The summed E-state index contributed by atoms with van der Waals surface area (Å²) >= 11 is 3.26. The van der Waals surface area contributed by atoms with E-state index < -0.39 is 18.2 Å². The Hall–Kier alpha value is -0.990. The van der Waals surface area contributed by atoms with Crippen molar-refractivity contribution in [3.05, 3.63) is 0 Å². The molecule has 0 amide bonds. The van der Waals surface area contributed by atoms with Crippen molar-refractivity contribution in [2.24, 2.45) is 5.73 Å². The lowest BCUT2D eigenvalue weighted by molar-refractivity contribution is -0.147. The van der Waals surface area contributed by atoms with Gasteiger partial charge in [-0.3, -0.25) is 5.41 Å². The van der Waals surface area contributed by atoms with Gasteiger partial charge in [-0.05, 0) is 0 Å². The summed E-state index contributed by atoms with van der Waals surface area (Å²) in [7, 11) is 0. The van der Waals surface area contributed by atoms with Gasteiger partial charge in [0.2, 0.25) is 6.23 Å². The topological polar surface area (TPSA) is 118 Å². The lowest BCUT2D eigenvalue weighted by Gasteiger charge is -2.15. The van der Waals surface area contributed by atoms with Crippen LogP contribution in [0.5, 0.6) is 0 Å². The third-order valence-electron chi connectivity index (χ3n) is 0.966. The Balaban J connectivity index is 4.02. The van der Waals surface area contributed by atoms with Gasteiger partial charge in [0.1, 0.15) is 0 Å². The van der Waals surface area contributed by atoms with Gasteiger partial charge in [0.15, 0.2) is 5.96 Å². The SMILES string of the molecule is N=C(N)NC(OCCO)C(=O)OS. The Morgan fingerprint density at radius 3 is 2.77 bits per heavy atom. The van der Waals surface area contributed by atoms with E-state index in [0.717, 1.165) is 0 Å². The summed E-state index contributed by atoms with van der Waals surface area (Å²) in [6, 6.07) is 0. The molecule has 0 aliphatic carbocycles. The van der Waals surface area contributed by atoms with Crippen LogP contribution in [-0.2, 0) is 13.7 Å². The second-order valence-corrected chi connectivity index (χ2v) is 2.13. The van der Waals surface area contributed by atoms with Crippen LogP contribution in [0.15, 0.2) is 0 Å². The molecule has 0 aliphatic heterocycles. The van der Waals surface area contributed by atoms with Crippen LogP contribution in [0.25, 0.3) is 0 Å². The molecular formula is C5H11N3O4S. The molecule has 0 aromatic heterocycles. The monoisotopic (exact) mass is 209 g/mol. The van der Waals surface area contributed by atoms with Crippen LogP contribution in [0, 0.1) is 5.41 Å². The van der Waals surface area contributed by atoms with E-state index in [-0.39, 0.29) is 13.2 Å². The van der Waals surface area contributed by atoms with E-state index >= 15 is 0 Å². The average Bonchev–Trinajstić information content (AvgIpc) is 2.10. The molecule has 0 fully saturated rings. The highest BCUT2D eigenvalue weighted by atomic mass is 32.1. The molecule has 0 spiro atoms. The second-order valence-electron chi connectivity index (χ2n) is 1.94. The number of hydrogen-bond donors (Lipinski definition) is 5. The van der Waals surface area contributed by atoms with Crippen molar-refractivity contribution in [1.29, 1.82) is 5.41 Å². The molecule has 0 bridgehead atoms. The highest BCUT2D eigenvalue weighted by Gasteiger charge is 2.20. The Morgan fingerprint density at radius 2 is 2.38 bits per heavy atom. The zero-order chi connectivity index (χ0) is 10.3. The zero-order valence-corrected chi connectivity index (χ0v) is 7.58. The van der Waals surface area contributed by atoms with Gasteiger partial charge in [0.25, 0.3) is 0 Å². The van der Waals surface area contributed by atoms with E-state index in [1.54, 1.807) is 0 Å². The molecule has 0 radical (unpaired) electrons. The summed E-state index contributed by atoms with van der Waals surface area (Å²) in [4.78, 5) is 10.8. The molecule has 76 valence electrons. The molecule has 8 heteroatoms. The summed E-state index contributed by atoms with van der Waals surface area (Å²) in [6.07, 6.45) is -1.22. The predicted octanol–water partition coefficient (Wildman–Crippen LogP) is -1.81. The van der Waals surface area contributed by atoms with E-state index in [1.807, 2.05) is 0 Å². The number of ether oxygens (including phenoxy) is 1. The molecule has 0 aliphatic rings. The molecule has 0 rings (SSSR count). The molecule has 7 nitrogen and oxygen atoms in total. The van der Waals surface area contributed by atoms with Crippen LogP contribution in [0.3, 0.4) is 0 Å². The van der Waals surface area contributed by atoms with Gasteiger partial charge in [-0.2, -0.15) is 0 Å². The molecule has 0 saturated carbocycles. The van der Waals surface area contributed by atoms with Crippen molar-refractivity contribution in [3.8, 4) is 0 Å². The van der Waals surface area contributed by atoms with Crippen LogP contribution in [-0.4, -0.2) is 36.5 Å². The molecule has 13 heavy (non-hydrogen) atoms. The van der Waals surface area contributed by atoms with Crippen molar-refractivity contribution in [3.63, 3.8) is 0 Å². The van der Waals surface area contributed by atoms with Gasteiger partial charge in [-0.1, -0.05) is 0 Å². The average molecular weight is 209 g/mol. The number of carbonyl (C=O) groups is 1. The Labute approximate surface area is 80.3 Å². The zero-order valence-electron chi connectivity index (χ0n) is 6.69. The minimum Gasteiger partial charge on any atom is -0.394 e. The number of aliphatic hydroxyl groups is 1. The van der Waals surface area contributed by atoms with Gasteiger partial charge in [-0.25, -0.2) is 4.79 Å². The quantitative estimate of drug-likeness (QED) is 0.120. The van der Waals surface area contributed by atoms with Gasteiger partial charge in [0.05, 0.1) is 13.2 Å². The molecular weight excluding hydrogens is 198 g/mol. The second kappa shape index (κ2) is 6.52. The molecule has 0 heterocycles. The van der Waals surface area contributed by atoms with Gasteiger partial charge >= 0.3 is 5.97 Å². The fraction of sp³-hybridized carbons (Fsp3) is 0.600. The maximum absolute atomic E-state index is 10.8. The van der Waals surface area contributed by atoms with Crippen LogP contribution in [0.1, 0.15) is 0 Å². The highest BCUT2D eigenvalue weighted by molar-refractivity contribution is 7.75. The lowest BCUT2D eigenvalue weighted by Crippen LogP contribution is -2.46. The van der Waals surface area contributed by atoms with E-state index in [0.29, 0.717) is 0 Å². The van der Waals surface area contributed by atoms with Gasteiger partial charge in [0, 0.05) is 12.9 Å². The first-order valence-corrected chi connectivity index (χ1v) is 3.66. The van der Waals surface area contributed by atoms with Crippen molar-refractivity contribution < 1.29 is 18.8 Å². The van der Waals surface area contributed by atoms with Crippen molar-refractivity contribution in [1.82, 2.24) is 5.32 Å². The minimum atomic E-state index is -1.22. The molecule has 0 aromatic rings. The number of aliphatic hydroxyl groups excluding tert-OH is 1. The fourth-order valence-corrected chi connectivity index (χ4v) is 0.624. The number of nitrogens with one attached hydrogen (secondary N) is 2. The third kappa shape index (κ3) is 5.28. The number of nitrogens with two attached hydrogens (primary N) is 1. The molecule has 5 N–H and O–H groups in total. The summed E-state index contributed by atoms with van der Waals surface area (Å²) < 4.78 is 8.79. The predicted molar refractivity (Wildman–Crippen MR) is 47.0 cm³/mol. The van der Waals surface area contributed by atoms with Crippen LogP contribution < -0.4 is 11.1 Å². The summed E-state index contributed by atoms with van der Waals surface area (Å²) in [5.74, 6) is -1.28. The van der Waals surface area contributed by atoms with E-state index in [1.165, 1.54) is 0 Å². The van der Waals surface area contributed by atoms with Crippen LogP contribution >= 0.6 is 12.9 Å². The first-order chi connectivity index (χ1) is 6.11. The molecule has 1 atom stereocenters. The van der Waals surface area contributed by atoms with Crippen molar-refractivity contribution >= 4 is 24.8 Å². The number of carbonyl (C=O) groups excluding carboxylic acids is 1. The number of guanidine groups is 1. The summed E-state index contributed by atoms with van der Waals surface area (Å²) in [5, 5.41) is 17.4. The number of hydrogen-bond acceptors (Lipinski definition) is 6. The van der Waals surface area contributed by atoms with Crippen LogP contribution in [0.4, 0.5) is 0 Å².